The molecule has 83 valence electrons. The average Bonchev–Trinajstić information content (AvgIpc) is 2.26. The van der Waals surface area contributed by atoms with E-state index in [1.54, 1.807) is 18.2 Å². The number of rotatable bonds is 2. The summed E-state index contributed by atoms with van der Waals surface area (Å²) in [7, 11) is -4.10. The lowest BCUT2D eigenvalue weighted by molar-refractivity contribution is 0.472. The van der Waals surface area contributed by atoms with Crippen LogP contribution in [-0.4, -0.2) is 18.0 Å². The van der Waals surface area contributed by atoms with Crippen molar-refractivity contribution < 1.29 is 13.0 Å². The summed E-state index contributed by atoms with van der Waals surface area (Å²) in [5, 5.41) is -0.261. The van der Waals surface area contributed by atoms with Crippen LogP contribution in [0.25, 0.3) is 10.9 Å². The Balaban J connectivity index is 2.70. The van der Waals surface area contributed by atoms with E-state index in [9.17, 15) is 8.42 Å². The maximum atomic E-state index is 11.1. The molecule has 0 saturated heterocycles. The maximum Gasteiger partial charge on any atom is 0.271 e. The quantitative estimate of drug-likeness (QED) is 0.810. The number of hydrogen-bond donors (Lipinski definition) is 1. The minimum Gasteiger partial charge on any atom is -0.285 e. The van der Waals surface area contributed by atoms with E-state index >= 15 is 0 Å². The van der Waals surface area contributed by atoms with Crippen LogP contribution in [0.5, 0.6) is 0 Å². The van der Waals surface area contributed by atoms with E-state index in [1.165, 1.54) is 13.0 Å². The van der Waals surface area contributed by atoms with Gasteiger partial charge in [-0.1, -0.05) is 18.2 Å². The van der Waals surface area contributed by atoms with E-state index in [0.29, 0.717) is 16.5 Å². The highest BCUT2D eigenvalue weighted by atomic mass is 32.2. The third-order valence-corrected chi connectivity index (χ3v) is 3.65. The zero-order chi connectivity index (χ0) is 11.8. The number of fused-ring (bicyclic) bond motifs is 1. The van der Waals surface area contributed by atoms with Gasteiger partial charge in [-0.05, 0) is 24.6 Å². The Bertz CT molecular complexity index is 617. The Morgan fingerprint density at radius 3 is 2.75 bits per heavy atom. The molecule has 0 saturated carbocycles. The summed E-state index contributed by atoms with van der Waals surface area (Å²) in [5.41, 5.74) is 1.17. The van der Waals surface area contributed by atoms with Crippen LogP contribution in [0.1, 0.15) is 17.7 Å². The lowest BCUT2D eigenvalue weighted by Crippen LogP contribution is -2.09. The Hall–Kier alpha value is -1.46. The number of hydrogen-bond acceptors (Lipinski definition) is 3. The van der Waals surface area contributed by atoms with Crippen molar-refractivity contribution in [2.24, 2.45) is 0 Å². The predicted octanol–water partition coefficient (Wildman–Crippen LogP) is 1.98. The van der Waals surface area contributed by atoms with Crippen molar-refractivity contribution in [2.45, 2.75) is 12.2 Å². The topological polar surface area (TPSA) is 67.3 Å². The number of aromatic nitrogens is 1. The van der Waals surface area contributed by atoms with E-state index in [1.807, 2.05) is 6.07 Å². The van der Waals surface area contributed by atoms with Crippen molar-refractivity contribution in [3.63, 3.8) is 0 Å². The molecule has 0 aliphatic rings. The maximum absolute atomic E-state index is 11.1. The molecule has 0 fully saturated rings. The predicted molar refractivity (Wildman–Crippen MR) is 60.5 cm³/mol. The van der Waals surface area contributed by atoms with Crippen LogP contribution < -0.4 is 0 Å². The minimum absolute atomic E-state index is 0.508. The van der Waals surface area contributed by atoms with Crippen molar-refractivity contribution in [1.82, 2.24) is 4.98 Å². The first-order chi connectivity index (χ1) is 7.50. The molecule has 0 amide bonds. The van der Waals surface area contributed by atoms with Crippen LogP contribution in [0.2, 0.25) is 0 Å². The number of nitrogens with zero attached hydrogens (tertiary/aromatic N) is 1. The van der Waals surface area contributed by atoms with Crippen molar-refractivity contribution in [2.75, 3.05) is 0 Å². The van der Waals surface area contributed by atoms with Gasteiger partial charge in [0.25, 0.3) is 10.1 Å². The Labute approximate surface area is 93.7 Å². The first-order valence-corrected chi connectivity index (χ1v) is 6.22. The van der Waals surface area contributed by atoms with E-state index in [-0.39, 0.29) is 0 Å². The molecule has 2 rings (SSSR count). The number of pyridine rings is 1. The van der Waals surface area contributed by atoms with Gasteiger partial charge in [-0.2, -0.15) is 8.42 Å². The van der Waals surface area contributed by atoms with Crippen LogP contribution >= 0.6 is 0 Å². The largest absolute Gasteiger partial charge is 0.285 e. The molecule has 4 nitrogen and oxygen atoms in total. The van der Waals surface area contributed by atoms with Crippen LogP contribution in [0.4, 0.5) is 0 Å². The zero-order valence-corrected chi connectivity index (χ0v) is 9.40. The fraction of sp³-hybridized carbons (Fsp3) is 0.182. The van der Waals surface area contributed by atoms with Gasteiger partial charge in [-0.15, -0.1) is 0 Å². The Morgan fingerprint density at radius 2 is 2.06 bits per heavy atom. The fourth-order valence-electron chi connectivity index (χ4n) is 1.56. The molecule has 1 N–H and O–H groups in total. The molecule has 0 aliphatic heterocycles. The molecule has 1 aromatic heterocycles. The molecule has 2 aromatic rings. The summed E-state index contributed by atoms with van der Waals surface area (Å²) in [6.07, 6.45) is 2.63. The van der Waals surface area contributed by atoms with E-state index < -0.39 is 15.4 Å². The lowest BCUT2D eigenvalue weighted by atomic mass is 10.1. The van der Waals surface area contributed by atoms with E-state index in [2.05, 4.69) is 11.2 Å². The van der Waals surface area contributed by atoms with E-state index in [4.69, 9.17) is 4.55 Å². The molecular weight excluding hydrogens is 226 g/mol. The molecule has 0 aliphatic carbocycles. The van der Waals surface area contributed by atoms with Gasteiger partial charge in [0.2, 0.25) is 0 Å². The number of para-hydroxylation sites is 1. The average molecular weight is 236 g/mol. The van der Waals surface area contributed by atoms with Crippen molar-refractivity contribution in [3.8, 4) is 0 Å². The molecule has 1 unspecified atom stereocenters. The fourth-order valence-corrected chi connectivity index (χ4v) is 2.08. The summed E-state index contributed by atoms with van der Waals surface area (Å²) in [6, 6.07) is 8.63. The molecule has 1 aromatic carbocycles. The van der Waals surface area contributed by atoms with Crippen LogP contribution in [0.15, 0.2) is 30.3 Å². The summed E-state index contributed by atoms with van der Waals surface area (Å²) in [4.78, 5) is 4.00. The van der Waals surface area contributed by atoms with Gasteiger partial charge in [0, 0.05) is 5.39 Å². The Kier molecular flexibility index (Phi) is 2.65. The second kappa shape index (κ2) is 3.84. The third kappa shape index (κ3) is 1.91. The molecule has 16 heavy (non-hydrogen) atoms. The van der Waals surface area contributed by atoms with Gasteiger partial charge in [-0.25, -0.2) is 4.98 Å². The van der Waals surface area contributed by atoms with Gasteiger partial charge in [0.15, 0.2) is 0 Å². The summed E-state index contributed by atoms with van der Waals surface area (Å²) < 4.78 is 31.2. The molecule has 5 heteroatoms. The summed E-state index contributed by atoms with van der Waals surface area (Å²) >= 11 is 0. The third-order valence-electron chi connectivity index (χ3n) is 2.50. The van der Waals surface area contributed by atoms with Crippen molar-refractivity contribution in [1.29, 1.82) is 0 Å². The van der Waals surface area contributed by atoms with Crippen molar-refractivity contribution >= 4 is 21.0 Å². The Morgan fingerprint density at radius 1 is 1.38 bits per heavy atom. The normalized spacial score (nSPS) is 13.9. The summed E-state index contributed by atoms with van der Waals surface area (Å²) in [5.74, 6) is 0. The van der Waals surface area contributed by atoms with Crippen LogP contribution in [0.3, 0.4) is 0 Å². The molecule has 1 heterocycles. The number of benzene rings is 1. The molecular formula is C11H10NO3S. The van der Waals surface area contributed by atoms with Crippen LogP contribution in [-0.2, 0) is 10.1 Å². The van der Waals surface area contributed by atoms with Gasteiger partial charge in [0.05, 0.1) is 11.7 Å². The lowest BCUT2D eigenvalue weighted by Gasteiger charge is -2.10. The first-order valence-electron chi connectivity index (χ1n) is 4.72. The summed E-state index contributed by atoms with van der Waals surface area (Å²) in [6.45, 7) is 1.44. The zero-order valence-electron chi connectivity index (χ0n) is 8.58. The van der Waals surface area contributed by atoms with E-state index in [0.717, 1.165) is 0 Å². The monoisotopic (exact) mass is 236 g/mol. The molecule has 0 bridgehead atoms. The second-order valence-electron chi connectivity index (χ2n) is 3.51. The van der Waals surface area contributed by atoms with Gasteiger partial charge < -0.3 is 0 Å². The second-order valence-corrected chi connectivity index (χ2v) is 5.25. The van der Waals surface area contributed by atoms with Crippen LogP contribution in [0, 0.1) is 6.20 Å². The standard InChI is InChI=1S/C11H10NO3S/c1-8(16(13,14)15)9-6-7-12-11-5-3-2-4-10(9)11/h2-6,8H,1H3,(H,13,14,15). The van der Waals surface area contributed by atoms with Gasteiger partial charge in [-0.3, -0.25) is 4.55 Å². The molecule has 1 atom stereocenters. The highest BCUT2D eigenvalue weighted by Gasteiger charge is 2.21. The minimum atomic E-state index is -4.10. The highest BCUT2D eigenvalue weighted by Crippen LogP contribution is 2.26. The molecule has 1 radical (unpaired) electrons. The molecule has 0 spiro atoms. The van der Waals surface area contributed by atoms with Crippen molar-refractivity contribution in [3.05, 3.63) is 42.1 Å². The SMILES string of the molecule is CC(c1c[c]nc2ccccc12)S(=O)(=O)O. The first kappa shape index (κ1) is 11.0. The van der Waals surface area contributed by atoms with Gasteiger partial charge >= 0.3 is 0 Å². The highest BCUT2D eigenvalue weighted by molar-refractivity contribution is 7.86. The smallest absolute Gasteiger partial charge is 0.271 e. The van der Waals surface area contributed by atoms with Gasteiger partial charge in [0.1, 0.15) is 5.25 Å².